The Hall–Kier alpha value is -0.893. The zero-order chi connectivity index (χ0) is 15.1. The maximum Gasteiger partial charge on any atom is 0.537 e. The Balaban J connectivity index is 2.88. The van der Waals surface area contributed by atoms with E-state index in [0.717, 1.165) is 0 Å². The van der Waals surface area contributed by atoms with Crippen molar-refractivity contribution in [1.29, 1.82) is 0 Å². The second-order valence-corrected chi connectivity index (χ2v) is 6.56. The molecule has 0 aliphatic rings. The standard InChI is InChI=1S/C13H19F3O3Si/c1-3-17-20(18-4-2,12-8-6-5-7-9-12)19-11-10-13(14,15)16/h5-9H,3-4,10-11H2,1-2H3. The van der Waals surface area contributed by atoms with Gasteiger partial charge in [0.2, 0.25) is 0 Å². The van der Waals surface area contributed by atoms with Crippen molar-refractivity contribution in [2.24, 2.45) is 0 Å². The maximum atomic E-state index is 12.3. The molecule has 0 N–H and O–H groups in total. The molecule has 0 saturated heterocycles. The molecule has 0 atom stereocenters. The normalized spacial score (nSPS) is 12.7. The molecule has 3 nitrogen and oxygen atoms in total. The molecule has 20 heavy (non-hydrogen) atoms. The Morgan fingerprint density at radius 2 is 1.50 bits per heavy atom. The van der Waals surface area contributed by atoms with Crippen molar-refractivity contribution in [2.75, 3.05) is 19.8 Å². The number of benzene rings is 1. The highest BCUT2D eigenvalue weighted by Gasteiger charge is 2.44. The molecule has 7 heteroatoms. The van der Waals surface area contributed by atoms with E-state index in [0.29, 0.717) is 18.4 Å². The van der Waals surface area contributed by atoms with Gasteiger partial charge in [-0.2, -0.15) is 13.2 Å². The van der Waals surface area contributed by atoms with Crippen LogP contribution in [0, 0.1) is 0 Å². The molecule has 1 aromatic rings. The van der Waals surface area contributed by atoms with Crippen molar-refractivity contribution >= 4 is 14.0 Å². The molecule has 0 radical (unpaired) electrons. The SMILES string of the molecule is CCO[Si](OCC)(OCCC(F)(F)F)c1ccccc1. The van der Waals surface area contributed by atoms with E-state index in [4.69, 9.17) is 13.3 Å². The highest BCUT2D eigenvalue weighted by Crippen LogP contribution is 2.21. The van der Waals surface area contributed by atoms with Crippen molar-refractivity contribution in [3.05, 3.63) is 30.3 Å². The maximum absolute atomic E-state index is 12.3. The summed E-state index contributed by atoms with van der Waals surface area (Å²) in [5.41, 5.74) is 0. The van der Waals surface area contributed by atoms with Gasteiger partial charge in [0, 0.05) is 25.0 Å². The van der Waals surface area contributed by atoms with E-state index in [1.807, 2.05) is 6.07 Å². The van der Waals surface area contributed by atoms with Gasteiger partial charge in [-0.1, -0.05) is 30.3 Å². The van der Waals surface area contributed by atoms with Crippen LogP contribution in [0.4, 0.5) is 13.2 Å². The molecular weight excluding hydrogens is 289 g/mol. The molecule has 0 amide bonds. The molecule has 1 aromatic carbocycles. The zero-order valence-corrected chi connectivity index (χ0v) is 12.6. The van der Waals surface area contributed by atoms with Crippen molar-refractivity contribution in [3.8, 4) is 0 Å². The summed E-state index contributed by atoms with van der Waals surface area (Å²) in [6, 6.07) is 8.89. The Morgan fingerprint density at radius 3 is 1.95 bits per heavy atom. The van der Waals surface area contributed by atoms with Crippen LogP contribution in [0.1, 0.15) is 20.3 Å². The lowest BCUT2D eigenvalue weighted by Crippen LogP contribution is -2.57. The van der Waals surface area contributed by atoms with Gasteiger partial charge in [0.15, 0.2) is 0 Å². The number of alkyl halides is 3. The Kier molecular flexibility index (Phi) is 6.67. The molecule has 0 aliphatic heterocycles. The molecule has 0 unspecified atom stereocenters. The van der Waals surface area contributed by atoms with Crippen molar-refractivity contribution in [3.63, 3.8) is 0 Å². The largest absolute Gasteiger partial charge is 0.537 e. The molecule has 0 spiro atoms. The van der Waals surface area contributed by atoms with Crippen LogP contribution in [0.5, 0.6) is 0 Å². The van der Waals surface area contributed by atoms with Gasteiger partial charge in [-0.25, -0.2) is 0 Å². The fourth-order valence-corrected chi connectivity index (χ4v) is 4.18. The lowest BCUT2D eigenvalue weighted by Gasteiger charge is -2.29. The van der Waals surface area contributed by atoms with Crippen LogP contribution in [0.2, 0.25) is 0 Å². The minimum Gasteiger partial charge on any atom is -0.370 e. The summed E-state index contributed by atoms with van der Waals surface area (Å²) >= 11 is 0. The number of halogens is 3. The second kappa shape index (κ2) is 7.77. The predicted octanol–water partition coefficient (Wildman–Crippen LogP) is 2.87. The third-order valence-corrected chi connectivity index (χ3v) is 5.44. The summed E-state index contributed by atoms with van der Waals surface area (Å²) in [4.78, 5) is 0. The molecule has 0 heterocycles. The Morgan fingerprint density at radius 1 is 0.950 bits per heavy atom. The smallest absolute Gasteiger partial charge is 0.370 e. The van der Waals surface area contributed by atoms with Gasteiger partial charge in [0.1, 0.15) is 0 Å². The van der Waals surface area contributed by atoms with Crippen LogP contribution in [-0.2, 0) is 13.3 Å². The van der Waals surface area contributed by atoms with Gasteiger partial charge in [-0.3, -0.25) is 0 Å². The van der Waals surface area contributed by atoms with E-state index in [1.54, 1.807) is 38.1 Å². The van der Waals surface area contributed by atoms with Crippen LogP contribution in [0.15, 0.2) is 30.3 Å². The van der Waals surface area contributed by atoms with Gasteiger partial charge in [0.25, 0.3) is 0 Å². The fraction of sp³-hybridized carbons (Fsp3) is 0.538. The minimum atomic E-state index is -4.25. The third kappa shape index (κ3) is 5.24. The van der Waals surface area contributed by atoms with Crippen LogP contribution in [0.3, 0.4) is 0 Å². The summed E-state index contributed by atoms with van der Waals surface area (Å²) in [7, 11) is -3.27. The quantitative estimate of drug-likeness (QED) is 0.691. The van der Waals surface area contributed by atoms with Gasteiger partial charge in [-0.05, 0) is 13.8 Å². The first kappa shape index (κ1) is 17.2. The highest BCUT2D eigenvalue weighted by atomic mass is 28.4. The molecule has 0 fully saturated rings. The first-order valence-corrected chi connectivity index (χ1v) is 8.20. The first-order valence-electron chi connectivity index (χ1n) is 6.47. The predicted molar refractivity (Wildman–Crippen MR) is 71.7 cm³/mol. The van der Waals surface area contributed by atoms with E-state index >= 15 is 0 Å². The van der Waals surface area contributed by atoms with Crippen LogP contribution in [-0.4, -0.2) is 34.8 Å². The molecule has 0 saturated carbocycles. The van der Waals surface area contributed by atoms with Gasteiger partial charge in [-0.15, -0.1) is 0 Å². The molecule has 0 aliphatic carbocycles. The van der Waals surface area contributed by atoms with Crippen molar-refractivity contribution in [1.82, 2.24) is 0 Å². The number of hydrogen-bond donors (Lipinski definition) is 0. The summed E-state index contributed by atoms with van der Waals surface area (Å²) in [5, 5.41) is 0.672. The molecule has 1 rings (SSSR count). The zero-order valence-electron chi connectivity index (χ0n) is 11.6. The topological polar surface area (TPSA) is 27.7 Å². The van der Waals surface area contributed by atoms with E-state index in [2.05, 4.69) is 0 Å². The lowest BCUT2D eigenvalue weighted by molar-refractivity contribution is -0.142. The average molecular weight is 308 g/mol. The minimum absolute atomic E-state index is 0.313. The Bertz CT molecular complexity index is 378. The summed E-state index contributed by atoms with van der Waals surface area (Å²) < 4.78 is 53.4. The van der Waals surface area contributed by atoms with E-state index < -0.39 is 28.0 Å². The highest BCUT2D eigenvalue weighted by molar-refractivity contribution is 6.75. The third-order valence-electron chi connectivity index (χ3n) is 2.47. The van der Waals surface area contributed by atoms with Crippen molar-refractivity contribution in [2.45, 2.75) is 26.4 Å². The summed E-state index contributed by atoms with van der Waals surface area (Å²) in [6.07, 6.45) is -5.27. The van der Waals surface area contributed by atoms with Gasteiger partial charge < -0.3 is 13.3 Å². The molecule has 0 aromatic heterocycles. The van der Waals surface area contributed by atoms with Crippen LogP contribution >= 0.6 is 0 Å². The number of rotatable bonds is 8. The van der Waals surface area contributed by atoms with Crippen LogP contribution < -0.4 is 5.19 Å². The Labute approximate surface area is 118 Å². The van der Waals surface area contributed by atoms with Gasteiger partial charge in [0.05, 0.1) is 6.42 Å². The fourth-order valence-electron chi connectivity index (χ4n) is 1.70. The molecular formula is C13H19F3O3Si. The van der Waals surface area contributed by atoms with Gasteiger partial charge >= 0.3 is 15.0 Å². The van der Waals surface area contributed by atoms with Crippen molar-refractivity contribution < 1.29 is 26.4 Å². The monoisotopic (exact) mass is 308 g/mol. The summed E-state index contributed by atoms with van der Waals surface area (Å²) in [6.45, 7) is 3.68. The molecule has 0 bridgehead atoms. The lowest BCUT2D eigenvalue weighted by atomic mass is 10.4. The molecule has 114 valence electrons. The number of hydrogen-bond acceptors (Lipinski definition) is 3. The second-order valence-electron chi connectivity index (χ2n) is 4.00. The average Bonchev–Trinajstić information content (AvgIpc) is 2.38. The van der Waals surface area contributed by atoms with E-state index in [9.17, 15) is 13.2 Å². The van der Waals surface area contributed by atoms with E-state index in [-0.39, 0.29) is 0 Å². The summed E-state index contributed by atoms with van der Waals surface area (Å²) in [5.74, 6) is 0. The van der Waals surface area contributed by atoms with Crippen LogP contribution in [0.25, 0.3) is 0 Å². The van der Waals surface area contributed by atoms with E-state index in [1.165, 1.54) is 0 Å². The first-order chi connectivity index (χ1) is 9.43.